The van der Waals surface area contributed by atoms with Gasteiger partial charge in [0, 0.05) is 11.6 Å². The maximum absolute atomic E-state index is 13.3. The van der Waals surface area contributed by atoms with E-state index in [-0.39, 0.29) is 34.4 Å². The Morgan fingerprint density at radius 1 is 1.33 bits per heavy atom. The molecule has 6 heteroatoms. The maximum Gasteiger partial charge on any atom is 0.129 e. The number of alkyl halides is 1. The van der Waals surface area contributed by atoms with Crippen LogP contribution in [0.15, 0.2) is 12.1 Å². The second-order valence-electron chi connectivity index (χ2n) is 2.84. The minimum absolute atomic E-state index is 0. The van der Waals surface area contributed by atoms with Crippen LogP contribution in [0.2, 0.25) is 10.0 Å². The zero-order valence-electron chi connectivity index (χ0n) is 7.64. The predicted molar refractivity (Wildman–Crippen MR) is 61.2 cm³/mol. The maximum atomic E-state index is 13.3. The molecule has 15 heavy (non-hydrogen) atoms. The molecule has 0 heterocycles. The second-order valence-corrected chi connectivity index (χ2v) is 3.63. The first kappa shape index (κ1) is 14.9. The number of hydrogen-bond acceptors (Lipinski definition) is 1. The van der Waals surface area contributed by atoms with Crippen molar-refractivity contribution >= 4 is 35.6 Å². The first-order chi connectivity index (χ1) is 6.57. The highest BCUT2D eigenvalue weighted by atomic mass is 35.5. The van der Waals surface area contributed by atoms with E-state index in [9.17, 15) is 8.78 Å². The highest BCUT2D eigenvalue weighted by Crippen LogP contribution is 2.32. The molecule has 0 aromatic heterocycles. The van der Waals surface area contributed by atoms with Crippen LogP contribution in [-0.4, -0.2) is 6.67 Å². The van der Waals surface area contributed by atoms with Crippen molar-refractivity contribution in [2.24, 2.45) is 5.73 Å². The van der Waals surface area contributed by atoms with E-state index in [1.165, 1.54) is 12.1 Å². The fourth-order valence-electron chi connectivity index (χ4n) is 1.14. The molecule has 0 bridgehead atoms. The monoisotopic (exact) mass is 275 g/mol. The van der Waals surface area contributed by atoms with Crippen molar-refractivity contribution in [3.05, 3.63) is 33.6 Å². The third-order valence-electron chi connectivity index (χ3n) is 1.87. The lowest BCUT2D eigenvalue weighted by Crippen LogP contribution is -2.13. The predicted octanol–water partition coefficient (Wildman–Crippen LogP) is 3.91. The highest BCUT2D eigenvalue weighted by molar-refractivity contribution is 6.42. The van der Waals surface area contributed by atoms with E-state index in [4.69, 9.17) is 28.9 Å². The molecule has 0 aliphatic heterocycles. The standard InChI is InChI=1S/C9H9Cl2F2N.ClH/c10-5-1-2-6(13)8(9(5)11)7(14)3-4-12;/h1-2,7H,3-4,14H2;1H/t7-;/m1./s1. The molecule has 0 aliphatic carbocycles. The summed E-state index contributed by atoms with van der Waals surface area (Å²) in [5.41, 5.74) is 5.63. The number of hydrogen-bond donors (Lipinski definition) is 1. The van der Waals surface area contributed by atoms with E-state index < -0.39 is 18.5 Å². The van der Waals surface area contributed by atoms with Crippen LogP contribution >= 0.6 is 35.6 Å². The van der Waals surface area contributed by atoms with Gasteiger partial charge in [0.1, 0.15) is 5.82 Å². The van der Waals surface area contributed by atoms with Gasteiger partial charge in [0.25, 0.3) is 0 Å². The zero-order chi connectivity index (χ0) is 10.7. The van der Waals surface area contributed by atoms with Crippen LogP contribution in [0.25, 0.3) is 0 Å². The van der Waals surface area contributed by atoms with Crippen molar-refractivity contribution in [1.29, 1.82) is 0 Å². The van der Waals surface area contributed by atoms with Crippen LogP contribution in [0, 0.1) is 5.82 Å². The molecule has 0 spiro atoms. The van der Waals surface area contributed by atoms with Crippen LogP contribution < -0.4 is 5.73 Å². The summed E-state index contributed by atoms with van der Waals surface area (Å²) in [6, 6.07) is 1.75. The minimum atomic E-state index is -0.758. The molecule has 2 N–H and O–H groups in total. The SMILES string of the molecule is Cl.N[C@H](CCF)c1c(F)ccc(Cl)c1Cl. The van der Waals surface area contributed by atoms with E-state index in [1.54, 1.807) is 0 Å². The molecule has 0 unspecified atom stereocenters. The van der Waals surface area contributed by atoms with Gasteiger partial charge in [0.05, 0.1) is 16.7 Å². The molecule has 0 saturated heterocycles. The lowest BCUT2D eigenvalue weighted by atomic mass is 10.0. The molecule has 1 aromatic carbocycles. The summed E-state index contributed by atoms with van der Waals surface area (Å²) in [4.78, 5) is 0. The van der Waals surface area contributed by atoms with E-state index in [2.05, 4.69) is 0 Å². The summed E-state index contributed by atoms with van der Waals surface area (Å²) in [5, 5.41) is 0.282. The van der Waals surface area contributed by atoms with Gasteiger partial charge in [-0.15, -0.1) is 12.4 Å². The Morgan fingerprint density at radius 2 is 1.93 bits per heavy atom. The van der Waals surface area contributed by atoms with Crippen LogP contribution in [0.5, 0.6) is 0 Å². The van der Waals surface area contributed by atoms with Crippen molar-refractivity contribution < 1.29 is 8.78 Å². The average Bonchev–Trinajstić information content (AvgIpc) is 2.13. The summed E-state index contributed by atoms with van der Waals surface area (Å²) in [6.07, 6.45) is 0.0248. The molecule has 1 atom stereocenters. The van der Waals surface area contributed by atoms with E-state index in [0.717, 1.165) is 0 Å². The fraction of sp³-hybridized carbons (Fsp3) is 0.333. The van der Waals surface area contributed by atoms with Gasteiger partial charge in [-0.25, -0.2) is 4.39 Å². The first-order valence-electron chi connectivity index (χ1n) is 4.03. The molecule has 0 saturated carbocycles. The van der Waals surface area contributed by atoms with Crippen LogP contribution in [0.3, 0.4) is 0 Å². The average molecular weight is 277 g/mol. The van der Waals surface area contributed by atoms with Crippen LogP contribution in [0.1, 0.15) is 18.0 Å². The lowest BCUT2D eigenvalue weighted by molar-refractivity contribution is 0.435. The Balaban J connectivity index is 0.00000196. The molecule has 1 nitrogen and oxygen atoms in total. The lowest BCUT2D eigenvalue weighted by Gasteiger charge is -2.13. The first-order valence-corrected chi connectivity index (χ1v) is 4.78. The normalized spacial score (nSPS) is 12.1. The Bertz CT molecular complexity index is 333. The van der Waals surface area contributed by atoms with Crippen molar-refractivity contribution in [3.63, 3.8) is 0 Å². The summed E-state index contributed by atoms with van der Waals surface area (Å²) in [6.45, 7) is -0.622. The fourth-order valence-corrected chi connectivity index (χ4v) is 1.60. The zero-order valence-corrected chi connectivity index (χ0v) is 9.97. The topological polar surface area (TPSA) is 26.0 Å². The Kier molecular flexibility index (Phi) is 6.44. The van der Waals surface area contributed by atoms with Gasteiger partial charge in [0.15, 0.2) is 0 Å². The van der Waals surface area contributed by atoms with Crippen molar-refractivity contribution in [1.82, 2.24) is 0 Å². The summed E-state index contributed by atoms with van der Waals surface area (Å²) < 4.78 is 25.3. The third kappa shape index (κ3) is 3.45. The summed E-state index contributed by atoms with van der Waals surface area (Å²) in [5.74, 6) is -0.555. The molecule has 86 valence electrons. The molecule has 0 aliphatic rings. The van der Waals surface area contributed by atoms with Crippen molar-refractivity contribution in [3.8, 4) is 0 Å². The van der Waals surface area contributed by atoms with Gasteiger partial charge < -0.3 is 5.73 Å². The van der Waals surface area contributed by atoms with Gasteiger partial charge in [-0.1, -0.05) is 23.2 Å². The molecule has 0 fully saturated rings. The Morgan fingerprint density at radius 3 is 2.47 bits per heavy atom. The summed E-state index contributed by atoms with van der Waals surface area (Å²) >= 11 is 11.4. The van der Waals surface area contributed by atoms with E-state index in [1.807, 2.05) is 0 Å². The smallest absolute Gasteiger partial charge is 0.129 e. The number of halogens is 5. The molecule has 0 radical (unpaired) electrons. The van der Waals surface area contributed by atoms with Gasteiger partial charge in [-0.2, -0.15) is 0 Å². The molecular formula is C9H10Cl3F2N. The van der Waals surface area contributed by atoms with Crippen molar-refractivity contribution in [2.75, 3.05) is 6.67 Å². The molecule has 1 aromatic rings. The number of nitrogens with two attached hydrogens (primary N) is 1. The number of benzene rings is 1. The largest absolute Gasteiger partial charge is 0.324 e. The third-order valence-corrected chi connectivity index (χ3v) is 2.69. The second kappa shape index (κ2) is 6.48. The summed E-state index contributed by atoms with van der Waals surface area (Å²) in [7, 11) is 0. The van der Waals surface area contributed by atoms with E-state index >= 15 is 0 Å². The van der Waals surface area contributed by atoms with Crippen LogP contribution in [-0.2, 0) is 0 Å². The number of rotatable bonds is 3. The molecular weight excluding hydrogens is 266 g/mol. The Hall–Kier alpha value is -0.0900. The quantitative estimate of drug-likeness (QED) is 0.832. The van der Waals surface area contributed by atoms with Crippen molar-refractivity contribution in [2.45, 2.75) is 12.5 Å². The van der Waals surface area contributed by atoms with Gasteiger partial charge in [-0.05, 0) is 18.6 Å². The van der Waals surface area contributed by atoms with Gasteiger partial charge in [0.2, 0.25) is 0 Å². The van der Waals surface area contributed by atoms with Gasteiger partial charge >= 0.3 is 0 Å². The minimum Gasteiger partial charge on any atom is -0.324 e. The highest BCUT2D eigenvalue weighted by Gasteiger charge is 2.17. The van der Waals surface area contributed by atoms with E-state index in [0.29, 0.717) is 0 Å². The van der Waals surface area contributed by atoms with Crippen LogP contribution in [0.4, 0.5) is 8.78 Å². The molecule has 1 rings (SSSR count). The van der Waals surface area contributed by atoms with Gasteiger partial charge in [-0.3, -0.25) is 4.39 Å². The Labute approximate surface area is 103 Å². The molecule has 0 amide bonds.